The zero-order valence-corrected chi connectivity index (χ0v) is 12.3. The summed E-state index contributed by atoms with van der Waals surface area (Å²) in [6.45, 7) is 7.03. The van der Waals surface area contributed by atoms with Gasteiger partial charge in [-0.2, -0.15) is 0 Å². The fraction of sp³-hybridized carbons (Fsp3) is 0.222. The van der Waals surface area contributed by atoms with E-state index < -0.39 is 5.97 Å². The van der Waals surface area contributed by atoms with Crippen LogP contribution < -0.4 is 0 Å². The summed E-state index contributed by atoms with van der Waals surface area (Å²) in [5, 5.41) is 2.08. The number of esters is 1. The molecule has 0 aromatic heterocycles. The zero-order chi connectivity index (χ0) is 15.4. The van der Waals surface area contributed by atoms with Gasteiger partial charge in [-0.1, -0.05) is 49.0 Å². The third kappa shape index (κ3) is 3.57. The summed E-state index contributed by atoms with van der Waals surface area (Å²) in [5.41, 5.74) is 0.785. The number of rotatable bonds is 5. The zero-order valence-electron chi connectivity index (χ0n) is 12.3. The normalized spacial score (nSPS) is 10.6. The molecule has 0 aliphatic rings. The van der Waals surface area contributed by atoms with Gasteiger partial charge in [0.25, 0.3) is 0 Å². The highest BCUT2D eigenvalue weighted by Gasteiger charge is 2.19. The van der Waals surface area contributed by atoms with E-state index in [9.17, 15) is 9.59 Å². The van der Waals surface area contributed by atoms with Crippen LogP contribution >= 0.6 is 0 Å². The quantitative estimate of drug-likeness (QED) is 0.365. The maximum absolute atomic E-state index is 12.2. The standard InChI is InChI=1S/C18H18O3/c1-12(2)21-18(20)13(3)17(19)11-15-9-6-8-14-7-4-5-10-16(14)15/h4-10,12H,3,11H2,1-2H3. The molecule has 3 heteroatoms. The van der Waals surface area contributed by atoms with E-state index in [4.69, 9.17) is 4.74 Å². The molecule has 0 spiro atoms. The fourth-order valence-corrected chi connectivity index (χ4v) is 2.13. The predicted octanol–water partition coefficient (Wildman–Crippen LogP) is 3.46. The van der Waals surface area contributed by atoms with Gasteiger partial charge in [0.2, 0.25) is 0 Å². The largest absolute Gasteiger partial charge is 0.459 e. The maximum atomic E-state index is 12.2. The van der Waals surface area contributed by atoms with Crippen LogP contribution in [0.1, 0.15) is 19.4 Å². The van der Waals surface area contributed by atoms with Crippen LogP contribution in [0.2, 0.25) is 0 Å². The van der Waals surface area contributed by atoms with Crippen molar-refractivity contribution >= 4 is 22.5 Å². The van der Waals surface area contributed by atoms with Gasteiger partial charge in [-0.3, -0.25) is 4.79 Å². The molecular formula is C18H18O3. The van der Waals surface area contributed by atoms with Gasteiger partial charge in [-0.25, -0.2) is 4.79 Å². The lowest BCUT2D eigenvalue weighted by molar-refractivity contribution is -0.143. The number of benzene rings is 2. The SMILES string of the molecule is C=C(C(=O)Cc1cccc2ccccc12)C(=O)OC(C)C. The van der Waals surface area contributed by atoms with Crippen LogP contribution in [0.5, 0.6) is 0 Å². The van der Waals surface area contributed by atoms with Crippen molar-refractivity contribution < 1.29 is 14.3 Å². The summed E-state index contributed by atoms with van der Waals surface area (Å²) in [6, 6.07) is 13.6. The minimum absolute atomic E-state index is 0.100. The van der Waals surface area contributed by atoms with E-state index in [2.05, 4.69) is 6.58 Å². The molecule has 0 aliphatic heterocycles. The molecule has 108 valence electrons. The van der Waals surface area contributed by atoms with Crippen LogP contribution in [-0.2, 0) is 20.7 Å². The Morgan fingerprint density at radius 2 is 1.76 bits per heavy atom. The average molecular weight is 282 g/mol. The number of hydrogen-bond acceptors (Lipinski definition) is 3. The summed E-state index contributed by atoms with van der Waals surface area (Å²) < 4.78 is 5.00. The highest BCUT2D eigenvalue weighted by molar-refractivity contribution is 6.17. The van der Waals surface area contributed by atoms with E-state index in [-0.39, 0.29) is 23.9 Å². The first-order valence-electron chi connectivity index (χ1n) is 6.88. The minimum Gasteiger partial charge on any atom is -0.459 e. The smallest absolute Gasteiger partial charge is 0.341 e. The van der Waals surface area contributed by atoms with Gasteiger partial charge in [0.1, 0.15) is 0 Å². The number of carbonyl (C=O) groups excluding carboxylic acids is 2. The summed E-state index contributed by atoms with van der Waals surface area (Å²) in [4.78, 5) is 23.9. The molecule has 0 unspecified atom stereocenters. The lowest BCUT2D eigenvalue weighted by Crippen LogP contribution is -2.19. The van der Waals surface area contributed by atoms with E-state index in [1.807, 2.05) is 42.5 Å². The molecule has 0 N–H and O–H groups in total. The van der Waals surface area contributed by atoms with Crippen molar-refractivity contribution in [3.8, 4) is 0 Å². The van der Waals surface area contributed by atoms with Gasteiger partial charge in [0, 0.05) is 6.42 Å². The molecule has 0 saturated carbocycles. The fourth-order valence-electron chi connectivity index (χ4n) is 2.13. The van der Waals surface area contributed by atoms with Crippen molar-refractivity contribution in [1.29, 1.82) is 0 Å². The van der Waals surface area contributed by atoms with Crippen molar-refractivity contribution in [1.82, 2.24) is 0 Å². The van der Waals surface area contributed by atoms with Crippen LogP contribution in [0.4, 0.5) is 0 Å². The Balaban J connectivity index is 2.18. The summed E-state index contributed by atoms with van der Waals surface area (Å²) in [5.74, 6) is -0.952. The molecule has 0 atom stereocenters. The molecule has 0 fully saturated rings. The van der Waals surface area contributed by atoms with Crippen LogP contribution in [-0.4, -0.2) is 17.9 Å². The molecule has 0 bridgehead atoms. The number of ketones is 1. The number of ether oxygens (including phenoxy) is 1. The second-order valence-corrected chi connectivity index (χ2v) is 5.17. The molecule has 21 heavy (non-hydrogen) atoms. The van der Waals surface area contributed by atoms with Crippen LogP contribution in [0, 0.1) is 0 Å². The highest BCUT2D eigenvalue weighted by Crippen LogP contribution is 2.20. The molecule has 0 amide bonds. The highest BCUT2D eigenvalue weighted by atomic mass is 16.5. The maximum Gasteiger partial charge on any atom is 0.341 e. The molecule has 0 heterocycles. The Bertz CT molecular complexity index is 693. The molecule has 3 nitrogen and oxygen atoms in total. The first-order chi connectivity index (χ1) is 9.99. The number of Topliss-reactive ketones (excluding diaryl/α,β-unsaturated/α-hetero) is 1. The van der Waals surface area contributed by atoms with Gasteiger partial charge < -0.3 is 4.74 Å². The Morgan fingerprint density at radius 1 is 1.10 bits per heavy atom. The number of fused-ring (bicyclic) bond motifs is 1. The second-order valence-electron chi connectivity index (χ2n) is 5.17. The molecule has 2 aromatic carbocycles. The van der Waals surface area contributed by atoms with Crippen molar-refractivity contribution in [2.24, 2.45) is 0 Å². The van der Waals surface area contributed by atoms with Gasteiger partial charge in [-0.05, 0) is 30.2 Å². The molecule has 0 radical (unpaired) electrons. The van der Waals surface area contributed by atoms with Gasteiger partial charge in [-0.15, -0.1) is 0 Å². The molecule has 2 rings (SSSR count). The first kappa shape index (κ1) is 15.0. The van der Waals surface area contributed by atoms with Crippen LogP contribution in [0.25, 0.3) is 10.8 Å². The predicted molar refractivity (Wildman–Crippen MR) is 83.0 cm³/mol. The molecule has 2 aromatic rings. The average Bonchev–Trinajstić information content (AvgIpc) is 2.46. The van der Waals surface area contributed by atoms with E-state index >= 15 is 0 Å². The van der Waals surface area contributed by atoms with Crippen molar-refractivity contribution in [3.63, 3.8) is 0 Å². The Hall–Kier alpha value is -2.42. The Kier molecular flexibility index (Phi) is 4.53. The summed E-state index contributed by atoms with van der Waals surface area (Å²) in [7, 11) is 0. The van der Waals surface area contributed by atoms with E-state index in [0.29, 0.717) is 0 Å². The van der Waals surface area contributed by atoms with Gasteiger partial charge in [0.15, 0.2) is 5.78 Å². The van der Waals surface area contributed by atoms with E-state index in [1.165, 1.54) is 0 Å². The van der Waals surface area contributed by atoms with Gasteiger partial charge >= 0.3 is 5.97 Å². The summed E-state index contributed by atoms with van der Waals surface area (Å²) in [6.07, 6.45) is -0.118. The molecule has 0 aliphatic carbocycles. The minimum atomic E-state index is -0.643. The lowest BCUT2D eigenvalue weighted by atomic mass is 9.98. The second kappa shape index (κ2) is 6.35. The first-order valence-corrected chi connectivity index (χ1v) is 6.88. The Morgan fingerprint density at radius 3 is 2.48 bits per heavy atom. The van der Waals surface area contributed by atoms with Crippen LogP contribution in [0.15, 0.2) is 54.6 Å². The molecule has 0 saturated heterocycles. The monoisotopic (exact) mass is 282 g/mol. The summed E-state index contributed by atoms with van der Waals surface area (Å²) >= 11 is 0. The van der Waals surface area contributed by atoms with Gasteiger partial charge in [0.05, 0.1) is 11.7 Å². The van der Waals surface area contributed by atoms with Crippen molar-refractivity contribution in [3.05, 3.63) is 60.2 Å². The lowest BCUT2D eigenvalue weighted by Gasteiger charge is -2.10. The van der Waals surface area contributed by atoms with Crippen LogP contribution in [0.3, 0.4) is 0 Å². The third-order valence-corrected chi connectivity index (χ3v) is 3.16. The van der Waals surface area contributed by atoms with Crippen molar-refractivity contribution in [2.45, 2.75) is 26.4 Å². The number of hydrogen-bond donors (Lipinski definition) is 0. The van der Waals surface area contributed by atoms with E-state index in [1.54, 1.807) is 13.8 Å². The van der Waals surface area contributed by atoms with Crippen molar-refractivity contribution in [2.75, 3.05) is 0 Å². The Labute approximate surface area is 124 Å². The molecular weight excluding hydrogens is 264 g/mol. The number of carbonyl (C=O) groups is 2. The third-order valence-electron chi connectivity index (χ3n) is 3.16. The topological polar surface area (TPSA) is 43.4 Å². The van der Waals surface area contributed by atoms with E-state index in [0.717, 1.165) is 16.3 Å².